The van der Waals surface area contributed by atoms with E-state index in [2.05, 4.69) is 22.2 Å². The molecule has 0 saturated carbocycles. The standard InChI is InChI=1S/C15H23N3O2S/c1-3-7-16-9-11(19)10-21-15-17-13-6-5-12(20-4-2)8-14(13)18-15/h5-6,8,11,16,19H,3-4,7,9-10H2,1-2H3,(H,17,18). The van der Waals surface area contributed by atoms with Crippen LogP contribution < -0.4 is 10.1 Å². The molecule has 0 radical (unpaired) electrons. The minimum absolute atomic E-state index is 0.367. The van der Waals surface area contributed by atoms with Crippen molar-refractivity contribution in [3.63, 3.8) is 0 Å². The number of nitrogens with zero attached hydrogens (tertiary/aromatic N) is 1. The summed E-state index contributed by atoms with van der Waals surface area (Å²) in [5, 5.41) is 13.9. The van der Waals surface area contributed by atoms with E-state index in [1.165, 1.54) is 11.8 Å². The molecule has 1 heterocycles. The normalized spacial score (nSPS) is 12.7. The predicted molar refractivity (Wildman–Crippen MR) is 87.2 cm³/mol. The summed E-state index contributed by atoms with van der Waals surface area (Å²) in [7, 11) is 0. The maximum absolute atomic E-state index is 9.88. The highest BCUT2D eigenvalue weighted by Gasteiger charge is 2.08. The molecule has 2 aromatic rings. The molecule has 1 aromatic heterocycles. The summed E-state index contributed by atoms with van der Waals surface area (Å²) in [5.41, 5.74) is 1.88. The van der Waals surface area contributed by atoms with Crippen molar-refractivity contribution >= 4 is 22.8 Å². The van der Waals surface area contributed by atoms with Gasteiger partial charge in [-0.25, -0.2) is 4.98 Å². The number of hydrogen-bond donors (Lipinski definition) is 3. The lowest BCUT2D eigenvalue weighted by atomic mass is 10.3. The summed E-state index contributed by atoms with van der Waals surface area (Å²) in [6.07, 6.45) is 0.708. The molecule has 116 valence electrons. The van der Waals surface area contributed by atoms with Gasteiger partial charge in [0, 0.05) is 18.4 Å². The Hall–Kier alpha value is -1.24. The van der Waals surface area contributed by atoms with E-state index in [0.29, 0.717) is 18.9 Å². The number of aliphatic hydroxyl groups excluding tert-OH is 1. The quantitative estimate of drug-likeness (QED) is 0.490. The van der Waals surface area contributed by atoms with Crippen molar-refractivity contribution in [1.82, 2.24) is 15.3 Å². The summed E-state index contributed by atoms with van der Waals surface area (Å²) in [6, 6.07) is 5.82. The number of nitrogens with one attached hydrogen (secondary N) is 2. The first-order valence-electron chi connectivity index (χ1n) is 7.37. The summed E-state index contributed by atoms with van der Waals surface area (Å²) in [6.45, 7) is 6.28. The fourth-order valence-corrected chi connectivity index (χ4v) is 2.78. The lowest BCUT2D eigenvalue weighted by molar-refractivity contribution is 0.196. The number of benzene rings is 1. The van der Waals surface area contributed by atoms with Crippen LogP contribution in [0.3, 0.4) is 0 Å². The second-order valence-corrected chi connectivity index (χ2v) is 5.83. The Balaban J connectivity index is 1.90. The third-order valence-corrected chi connectivity index (χ3v) is 3.98. The number of H-pyrrole nitrogens is 1. The number of aromatic amines is 1. The van der Waals surface area contributed by atoms with Crippen LogP contribution >= 0.6 is 11.8 Å². The van der Waals surface area contributed by atoms with E-state index in [9.17, 15) is 5.11 Å². The number of aliphatic hydroxyl groups is 1. The van der Waals surface area contributed by atoms with Gasteiger partial charge >= 0.3 is 0 Å². The zero-order chi connectivity index (χ0) is 15.1. The van der Waals surface area contributed by atoms with E-state index in [-0.39, 0.29) is 6.10 Å². The molecule has 3 N–H and O–H groups in total. The molecule has 1 aromatic carbocycles. The lowest BCUT2D eigenvalue weighted by Gasteiger charge is -2.09. The Morgan fingerprint density at radius 2 is 2.29 bits per heavy atom. The average molecular weight is 309 g/mol. The van der Waals surface area contributed by atoms with Crippen molar-refractivity contribution in [3.8, 4) is 5.75 Å². The van der Waals surface area contributed by atoms with Gasteiger partial charge in [-0.2, -0.15) is 0 Å². The van der Waals surface area contributed by atoms with Crippen LogP contribution in [-0.2, 0) is 0 Å². The number of aromatic nitrogens is 2. The zero-order valence-corrected chi connectivity index (χ0v) is 13.4. The SMILES string of the molecule is CCCNCC(O)CSc1nc2ccc(OCC)cc2[nH]1. The van der Waals surface area contributed by atoms with Crippen molar-refractivity contribution in [3.05, 3.63) is 18.2 Å². The molecule has 1 atom stereocenters. The average Bonchev–Trinajstić information content (AvgIpc) is 2.88. The van der Waals surface area contributed by atoms with Gasteiger partial charge in [-0.3, -0.25) is 0 Å². The van der Waals surface area contributed by atoms with Crippen molar-refractivity contribution in [2.45, 2.75) is 31.5 Å². The first-order chi connectivity index (χ1) is 10.2. The molecule has 0 fully saturated rings. The molecule has 0 saturated heterocycles. The molecule has 21 heavy (non-hydrogen) atoms. The van der Waals surface area contributed by atoms with Crippen LogP contribution in [-0.4, -0.2) is 46.6 Å². The fraction of sp³-hybridized carbons (Fsp3) is 0.533. The number of fused-ring (bicyclic) bond motifs is 1. The molecule has 0 bridgehead atoms. The minimum Gasteiger partial charge on any atom is -0.494 e. The molecule has 0 aliphatic carbocycles. The predicted octanol–water partition coefficient (Wildman–Crippen LogP) is 2.41. The highest BCUT2D eigenvalue weighted by molar-refractivity contribution is 7.99. The Morgan fingerprint density at radius 1 is 1.43 bits per heavy atom. The summed E-state index contributed by atoms with van der Waals surface area (Å²) in [5.74, 6) is 1.46. The zero-order valence-electron chi connectivity index (χ0n) is 12.6. The molecule has 2 rings (SSSR count). The summed E-state index contributed by atoms with van der Waals surface area (Å²) < 4.78 is 5.47. The number of rotatable bonds is 9. The van der Waals surface area contributed by atoms with E-state index in [1.807, 2.05) is 25.1 Å². The van der Waals surface area contributed by atoms with Crippen LogP contribution in [0.4, 0.5) is 0 Å². The van der Waals surface area contributed by atoms with Crippen molar-refractivity contribution < 1.29 is 9.84 Å². The second kappa shape index (κ2) is 8.26. The first kappa shape index (κ1) is 16.1. The van der Waals surface area contributed by atoms with Crippen LogP contribution in [0.5, 0.6) is 5.75 Å². The third-order valence-electron chi connectivity index (χ3n) is 2.96. The molecule has 5 nitrogen and oxygen atoms in total. The molecular weight excluding hydrogens is 286 g/mol. The number of ether oxygens (including phenoxy) is 1. The Morgan fingerprint density at radius 3 is 3.05 bits per heavy atom. The van der Waals surface area contributed by atoms with Gasteiger partial charge in [-0.15, -0.1) is 0 Å². The number of imidazole rings is 1. The monoisotopic (exact) mass is 309 g/mol. The van der Waals surface area contributed by atoms with E-state index >= 15 is 0 Å². The van der Waals surface area contributed by atoms with E-state index in [4.69, 9.17) is 4.74 Å². The largest absolute Gasteiger partial charge is 0.494 e. The first-order valence-corrected chi connectivity index (χ1v) is 8.35. The molecule has 0 spiro atoms. The van der Waals surface area contributed by atoms with Gasteiger partial charge < -0.3 is 20.1 Å². The van der Waals surface area contributed by atoms with E-state index in [1.54, 1.807) is 0 Å². The van der Waals surface area contributed by atoms with Crippen molar-refractivity contribution in [2.24, 2.45) is 0 Å². The number of thioether (sulfide) groups is 1. The maximum Gasteiger partial charge on any atom is 0.166 e. The van der Waals surface area contributed by atoms with Gasteiger partial charge in [-0.05, 0) is 32.0 Å². The molecular formula is C15H23N3O2S. The van der Waals surface area contributed by atoms with E-state index in [0.717, 1.165) is 34.9 Å². The van der Waals surface area contributed by atoms with Gasteiger partial charge in [0.25, 0.3) is 0 Å². The summed E-state index contributed by atoms with van der Waals surface area (Å²) >= 11 is 1.53. The van der Waals surface area contributed by atoms with Crippen LogP contribution in [0.25, 0.3) is 11.0 Å². The van der Waals surface area contributed by atoms with E-state index < -0.39 is 0 Å². The lowest BCUT2D eigenvalue weighted by Crippen LogP contribution is -2.28. The van der Waals surface area contributed by atoms with Crippen molar-refractivity contribution in [1.29, 1.82) is 0 Å². The Bertz CT molecular complexity index is 559. The number of hydrogen-bond acceptors (Lipinski definition) is 5. The highest BCUT2D eigenvalue weighted by Crippen LogP contribution is 2.23. The second-order valence-electron chi connectivity index (χ2n) is 4.82. The van der Waals surface area contributed by atoms with Gasteiger partial charge in [0.05, 0.1) is 23.7 Å². The summed E-state index contributed by atoms with van der Waals surface area (Å²) in [4.78, 5) is 7.76. The Labute approximate surface area is 129 Å². The topological polar surface area (TPSA) is 70.2 Å². The molecule has 6 heteroatoms. The third kappa shape index (κ3) is 4.91. The van der Waals surface area contributed by atoms with Crippen LogP contribution in [0, 0.1) is 0 Å². The van der Waals surface area contributed by atoms with Crippen LogP contribution in [0.15, 0.2) is 23.4 Å². The van der Waals surface area contributed by atoms with Crippen LogP contribution in [0.2, 0.25) is 0 Å². The van der Waals surface area contributed by atoms with Crippen molar-refractivity contribution in [2.75, 3.05) is 25.4 Å². The molecule has 0 amide bonds. The smallest absolute Gasteiger partial charge is 0.166 e. The van der Waals surface area contributed by atoms with Gasteiger partial charge in [0.15, 0.2) is 5.16 Å². The van der Waals surface area contributed by atoms with Gasteiger partial charge in [0.1, 0.15) is 5.75 Å². The highest BCUT2D eigenvalue weighted by atomic mass is 32.2. The Kier molecular flexibility index (Phi) is 6.35. The van der Waals surface area contributed by atoms with Gasteiger partial charge in [0.2, 0.25) is 0 Å². The molecule has 0 aliphatic heterocycles. The fourth-order valence-electron chi connectivity index (χ4n) is 1.97. The minimum atomic E-state index is -0.367. The van der Waals surface area contributed by atoms with Crippen LogP contribution in [0.1, 0.15) is 20.3 Å². The molecule has 0 aliphatic rings. The maximum atomic E-state index is 9.88. The van der Waals surface area contributed by atoms with Gasteiger partial charge in [-0.1, -0.05) is 18.7 Å². The molecule has 1 unspecified atom stereocenters.